The molecule has 0 aliphatic heterocycles. The summed E-state index contributed by atoms with van der Waals surface area (Å²) in [6, 6.07) is 5.65. The minimum absolute atomic E-state index is 0.0509. The van der Waals surface area contributed by atoms with Gasteiger partial charge in [0.05, 0.1) is 5.30 Å². The van der Waals surface area contributed by atoms with Crippen molar-refractivity contribution in [1.29, 1.82) is 0 Å². The third-order valence-corrected chi connectivity index (χ3v) is 2.33. The molecule has 0 amide bonds. The molecule has 0 spiro atoms. The maximum atomic E-state index is 10.6. The van der Waals surface area contributed by atoms with Crippen LogP contribution in [0.4, 0.5) is 0 Å². The van der Waals surface area contributed by atoms with Crippen molar-refractivity contribution < 1.29 is 14.4 Å². The van der Waals surface area contributed by atoms with Crippen LogP contribution >= 0.6 is 19.2 Å². The molecule has 1 aromatic carbocycles. The van der Waals surface area contributed by atoms with Crippen molar-refractivity contribution in [3.63, 3.8) is 0 Å². The van der Waals surface area contributed by atoms with Gasteiger partial charge < -0.3 is 9.79 Å². The molecule has 0 aromatic heterocycles. The predicted octanol–water partition coefficient (Wildman–Crippen LogP) is 1.14. The van der Waals surface area contributed by atoms with Crippen LogP contribution in [0.3, 0.4) is 0 Å². The highest BCUT2D eigenvalue weighted by Crippen LogP contribution is 2.33. The Morgan fingerprint density at radius 3 is 2.36 bits per heavy atom. The van der Waals surface area contributed by atoms with Crippen LogP contribution in [0.15, 0.2) is 24.3 Å². The highest BCUT2D eigenvalue weighted by Gasteiger charge is 2.16. The lowest BCUT2D eigenvalue weighted by atomic mass is 10.4. The van der Waals surface area contributed by atoms with Crippen molar-refractivity contribution in [2.24, 2.45) is 0 Å². The van der Waals surface area contributed by atoms with Gasteiger partial charge in [0.2, 0.25) is 0 Å². The first kappa shape index (κ1) is 8.75. The van der Waals surface area contributed by atoms with Gasteiger partial charge in [-0.05, 0) is 18.2 Å². The molecule has 1 rings (SSSR count). The van der Waals surface area contributed by atoms with E-state index in [2.05, 4.69) is 0 Å². The third-order valence-electron chi connectivity index (χ3n) is 1.14. The molecule has 1 aromatic rings. The molecule has 2 N–H and O–H groups in total. The van der Waals surface area contributed by atoms with Crippen molar-refractivity contribution in [3.8, 4) is 0 Å². The van der Waals surface area contributed by atoms with E-state index in [9.17, 15) is 4.57 Å². The number of rotatable bonds is 1. The van der Waals surface area contributed by atoms with Gasteiger partial charge in [-0.15, -0.1) is 0 Å². The summed E-state index contributed by atoms with van der Waals surface area (Å²) in [6.45, 7) is 0. The van der Waals surface area contributed by atoms with E-state index in [-0.39, 0.29) is 5.30 Å². The fraction of sp³-hybridized carbons (Fsp3) is 0. The first-order valence-corrected chi connectivity index (χ1v) is 4.81. The van der Waals surface area contributed by atoms with E-state index in [4.69, 9.17) is 21.4 Å². The summed E-state index contributed by atoms with van der Waals surface area (Å²) in [5.41, 5.74) is 0. The van der Waals surface area contributed by atoms with E-state index < -0.39 is 7.60 Å². The second-order valence-electron chi connectivity index (χ2n) is 2.02. The van der Waals surface area contributed by atoms with Crippen LogP contribution in [-0.2, 0) is 4.57 Å². The molecule has 11 heavy (non-hydrogen) atoms. The van der Waals surface area contributed by atoms with Crippen LogP contribution < -0.4 is 5.30 Å². The molecule has 3 nitrogen and oxygen atoms in total. The molecule has 5 heteroatoms. The molecule has 0 unspecified atom stereocenters. The molecule has 0 aliphatic carbocycles. The summed E-state index contributed by atoms with van der Waals surface area (Å²) in [5.74, 6) is 0. The minimum Gasteiger partial charge on any atom is -0.321 e. The fourth-order valence-electron chi connectivity index (χ4n) is 0.657. The second-order valence-corrected chi connectivity index (χ2v) is 4.06. The monoisotopic (exact) mass is 192 g/mol. The van der Waals surface area contributed by atoms with Crippen LogP contribution in [0.1, 0.15) is 0 Å². The van der Waals surface area contributed by atoms with Crippen LogP contribution in [0.25, 0.3) is 0 Å². The molecule has 0 saturated heterocycles. The minimum atomic E-state index is -4.13. The number of hydrogen-bond donors (Lipinski definition) is 2. The number of benzene rings is 1. The topological polar surface area (TPSA) is 57.5 Å². The molecule has 0 fully saturated rings. The average molecular weight is 193 g/mol. The molecule has 0 heterocycles. The number of hydrogen-bond acceptors (Lipinski definition) is 1. The Hall–Kier alpha value is -0.340. The third kappa shape index (κ3) is 2.31. The van der Waals surface area contributed by atoms with Gasteiger partial charge in [-0.2, -0.15) is 0 Å². The van der Waals surface area contributed by atoms with Crippen LogP contribution in [-0.4, -0.2) is 9.79 Å². The standard InChI is InChI=1S/C6H6ClO3P/c7-5-2-1-3-6(4-5)11(8,9)10/h1-4H,(H2,8,9,10). The van der Waals surface area contributed by atoms with Crippen molar-refractivity contribution in [2.45, 2.75) is 0 Å². The van der Waals surface area contributed by atoms with Gasteiger partial charge in [-0.3, -0.25) is 4.57 Å². The summed E-state index contributed by atoms with van der Waals surface area (Å²) in [5, 5.41) is 0.274. The van der Waals surface area contributed by atoms with Gasteiger partial charge in [0, 0.05) is 5.02 Å². The van der Waals surface area contributed by atoms with Gasteiger partial charge in [0.1, 0.15) is 0 Å². The molecule has 0 aliphatic rings. The van der Waals surface area contributed by atoms with E-state index in [1.54, 1.807) is 6.07 Å². The Balaban J connectivity index is 3.17. The van der Waals surface area contributed by atoms with Crippen molar-refractivity contribution in [3.05, 3.63) is 29.3 Å². The van der Waals surface area contributed by atoms with E-state index in [1.165, 1.54) is 18.2 Å². The maximum Gasteiger partial charge on any atom is 0.356 e. The lowest BCUT2D eigenvalue weighted by Crippen LogP contribution is -2.01. The summed E-state index contributed by atoms with van der Waals surface area (Å²) in [4.78, 5) is 17.3. The van der Waals surface area contributed by atoms with E-state index in [0.717, 1.165) is 0 Å². The molecule has 0 saturated carbocycles. The largest absolute Gasteiger partial charge is 0.356 e. The fourth-order valence-corrected chi connectivity index (χ4v) is 1.51. The molecule has 0 radical (unpaired) electrons. The zero-order chi connectivity index (χ0) is 8.48. The smallest absolute Gasteiger partial charge is 0.321 e. The first-order chi connectivity index (χ1) is 5.00. The lowest BCUT2D eigenvalue weighted by molar-refractivity contribution is 0.387. The Bertz CT molecular complexity index is 306. The average Bonchev–Trinajstić information content (AvgIpc) is 1.86. The highest BCUT2D eigenvalue weighted by atomic mass is 35.5. The van der Waals surface area contributed by atoms with Crippen molar-refractivity contribution in [1.82, 2.24) is 0 Å². The van der Waals surface area contributed by atoms with Gasteiger partial charge in [0.25, 0.3) is 0 Å². The summed E-state index contributed by atoms with van der Waals surface area (Å²) in [7, 11) is -4.13. The van der Waals surface area contributed by atoms with E-state index >= 15 is 0 Å². The predicted molar refractivity (Wildman–Crippen MR) is 43.1 cm³/mol. The highest BCUT2D eigenvalue weighted by molar-refractivity contribution is 7.60. The van der Waals surface area contributed by atoms with Crippen molar-refractivity contribution >= 4 is 24.5 Å². The van der Waals surface area contributed by atoms with Crippen molar-refractivity contribution in [2.75, 3.05) is 0 Å². The Kier molecular flexibility index (Phi) is 2.35. The van der Waals surface area contributed by atoms with Gasteiger partial charge in [-0.25, -0.2) is 0 Å². The zero-order valence-corrected chi connectivity index (χ0v) is 7.09. The van der Waals surface area contributed by atoms with Crippen LogP contribution in [0.5, 0.6) is 0 Å². The Morgan fingerprint density at radius 2 is 2.00 bits per heavy atom. The quantitative estimate of drug-likeness (QED) is 0.656. The van der Waals surface area contributed by atoms with Gasteiger partial charge in [-0.1, -0.05) is 17.7 Å². The zero-order valence-electron chi connectivity index (χ0n) is 5.44. The van der Waals surface area contributed by atoms with E-state index in [0.29, 0.717) is 5.02 Å². The van der Waals surface area contributed by atoms with Gasteiger partial charge in [0.15, 0.2) is 0 Å². The van der Waals surface area contributed by atoms with E-state index in [1.807, 2.05) is 0 Å². The molecule has 0 bridgehead atoms. The Labute approximate surface area is 68.8 Å². The SMILES string of the molecule is O=P(O)(O)c1cccc(Cl)c1. The first-order valence-electron chi connectivity index (χ1n) is 2.82. The molecule has 60 valence electrons. The lowest BCUT2D eigenvalue weighted by Gasteiger charge is -2.02. The Morgan fingerprint density at radius 1 is 1.36 bits per heavy atom. The molecular formula is C6H6ClO3P. The normalized spacial score (nSPS) is 11.5. The second kappa shape index (κ2) is 2.95. The summed E-state index contributed by atoms with van der Waals surface area (Å²) >= 11 is 5.51. The van der Waals surface area contributed by atoms with Crippen LogP contribution in [0, 0.1) is 0 Å². The summed E-state index contributed by atoms with van der Waals surface area (Å²) in [6.07, 6.45) is 0. The molecule has 0 atom stereocenters. The molecular weight excluding hydrogens is 186 g/mol. The van der Waals surface area contributed by atoms with Crippen LogP contribution in [0.2, 0.25) is 5.02 Å². The summed E-state index contributed by atoms with van der Waals surface area (Å²) < 4.78 is 10.6. The maximum absolute atomic E-state index is 10.6. The number of halogens is 1. The van der Waals surface area contributed by atoms with Gasteiger partial charge >= 0.3 is 7.60 Å².